The van der Waals surface area contributed by atoms with Crippen molar-refractivity contribution in [2.45, 2.75) is 19.4 Å². The predicted molar refractivity (Wildman–Crippen MR) is 72.1 cm³/mol. The van der Waals surface area contributed by atoms with Crippen LogP contribution in [-0.2, 0) is 5.60 Å². The van der Waals surface area contributed by atoms with Gasteiger partial charge in [0.05, 0.1) is 6.54 Å². The van der Waals surface area contributed by atoms with Crippen LogP contribution in [-0.4, -0.2) is 27.9 Å². The zero-order chi connectivity index (χ0) is 14.6. The Bertz CT molecular complexity index is 580. The lowest BCUT2D eigenvalue weighted by atomic mass is 10.0. The van der Waals surface area contributed by atoms with Crippen molar-refractivity contribution in [3.05, 3.63) is 42.0 Å². The third kappa shape index (κ3) is 3.55. The van der Waals surface area contributed by atoms with Crippen LogP contribution in [0.15, 0.2) is 34.9 Å². The maximum atomic E-state index is 11.7. The number of furan rings is 1. The Hall–Kier alpha value is -2.41. The van der Waals surface area contributed by atoms with Crippen molar-refractivity contribution in [3.63, 3.8) is 0 Å². The third-order valence-corrected chi connectivity index (χ3v) is 2.68. The molecule has 1 atom stereocenters. The summed E-state index contributed by atoms with van der Waals surface area (Å²) >= 11 is 0. The minimum Gasteiger partial charge on any atom is -0.463 e. The number of hydrogen-bond donors (Lipinski definition) is 3. The van der Waals surface area contributed by atoms with E-state index in [0.29, 0.717) is 17.3 Å². The molecule has 0 saturated heterocycles. The van der Waals surface area contributed by atoms with Crippen molar-refractivity contribution < 1.29 is 14.3 Å². The SMILES string of the molecule is Cc1ccc(C(C)(O)CNC(=O)Nc2cccnn2)o1. The van der Waals surface area contributed by atoms with E-state index in [0.717, 1.165) is 0 Å². The van der Waals surface area contributed by atoms with E-state index in [1.807, 2.05) is 0 Å². The number of carbonyl (C=O) groups is 1. The second kappa shape index (κ2) is 5.70. The van der Waals surface area contributed by atoms with Crippen LogP contribution in [0, 0.1) is 6.92 Å². The van der Waals surface area contributed by atoms with E-state index in [1.165, 1.54) is 6.20 Å². The van der Waals surface area contributed by atoms with Gasteiger partial charge in [-0.25, -0.2) is 4.79 Å². The van der Waals surface area contributed by atoms with Gasteiger partial charge >= 0.3 is 6.03 Å². The summed E-state index contributed by atoms with van der Waals surface area (Å²) in [6.45, 7) is 3.35. The van der Waals surface area contributed by atoms with Gasteiger partial charge in [0.2, 0.25) is 0 Å². The van der Waals surface area contributed by atoms with Crippen molar-refractivity contribution in [1.82, 2.24) is 15.5 Å². The van der Waals surface area contributed by atoms with Gasteiger partial charge in [0.1, 0.15) is 17.1 Å². The molecule has 0 aliphatic rings. The fourth-order valence-electron chi connectivity index (χ4n) is 1.59. The fraction of sp³-hybridized carbons (Fsp3) is 0.308. The second-order valence-corrected chi connectivity index (χ2v) is 4.60. The summed E-state index contributed by atoms with van der Waals surface area (Å²) in [4.78, 5) is 11.7. The quantitative estimate of drug-likeness (QED) is 0.783. The van der Waals surface area contributed by atoms with E-state index in [9.17, 15) is 9.90 Å². The Morgan fingerprint density at radius 2 is 2.25 bits per heavy atom. The molecule has 2 aromatic rings. The van der Waals surface area contributed by atoms with Crippen LogP contribution in [0.2, 0.25) is 0 Å². The lowest BCUT2D eigenvalue weighted by Crippen LogP contribution is -2.40. The lowest BCUT2D eigenvalue weighted by molar-refractivity contribution is 0.0364. The molecular formula is C13H16N4O3. The number of aryl methyl sites for hydroxylation is 1. The third-order valence-electron chi connectivity index (χ3n) is 2.68. The first-order valence-electron chi connectivity index (χ1n) is 6.09. The average molecular weight is 276 g/mol. The van der Waals surface area contributed by atoms with E-state index in [1.54, 1.807) is 38.1 Å². The second-order valence-electron chi connectivity index (χ2n) is 4.60. The number of aliphatic hydroxyl groups is 1. The fourth-order valence-corrected chi connectivity index (χ4v) is 1.59. The molecule has 2 heterocycles. The van der Waals surface area contributed by atoms with Gasteiger partial charge in [-0.3, -0.25) is 5.32 Å². The van der Waals surface area contributed by atoms with Gasteiger partial charge in [-0.2, -0.15) is 5.10 Å². The summed E-state index contributed by atoms with van der Waals surface area (Å²) in [5, 5.41) is 22.7. The summed E-state index contributed by atoms with van der Waals surface area (Å²) in [6.07, 6.45) is 1.51. The van der Waals surface area contributed by atoms with Crippen LogP contribution in [0.3, 0.4) is 0 Å². The molecular weight excluding hydrogens is 260 g/mol. The highest BCUT2D eigenvalue weighted by Gasteiger charge is 2.27. The molecule has 0 fully saturated rings. The first-order chi connectivity index (χ1) is 9.47. The zero-order valence-corrected chi connectivity index (χ0v) is 11.3. The molecule has 3 N–H and O–H groups in total. The number of carbonyl (C=O) groups excluding carboxylic acids is 1. The van der Waals surface area contributed by atoms with Gasteiger partial charge in [-0.1, -0.05) is 0 Å². The number of urea groups is 1. The molecule has 7 nitrogen and oxygen atoms in total. The van der Waals surface area contributed by atoms with Crippen LogP contribution in [0.5, 0.6) is 0 Å². The van der Waals surface area contributed by atoms with Crippen LogP contribution >= 0.6 is 0 Å². The summed E-state index contributed by atoms with van der Waals surface area (Å²) in [7, 11) is 0. The Labute approximate surface area is 116 Å². The largest absolute Gasteiger partial charge is 0.463 e. The van der Waals surface area contributed by atoms with Gasteiger partial charge in [-0.05, 0) is 38.1 Å². The molecule has 20 heavy (non-hydrogen) atoms. The molecule has 1 unspecified atom stereocenters. The molecule has 7 heteroatoms. The van der Waals surface area contributed by atoms with Crippen molar-refractivity contribution in [2.75, 3.05) is 11.9 Å². The topological polar surface area (TPSA) is 100 Å². The van der Waals surface area contributed by atoms with E-state index in [4.69, 9.17) is 4.42 Å². The molecule has 0 aliphatic heterocycles. The number of anilines is 1. The van der Waals surface area contributed by atoms with E-state index in [2.05, 4.69) is 20.8 Å². The number of hydrogen-bond acceptors (Lipinski definition) is 5. The molecule has 0 aromatic carbocycles. The first-order valence-corrected chi connectivity index (χ1v) is 6.09. The van der Waals surface area contributed by atoms with Crippen LogP contribution in [0.1, 0.15) is 18.4 Å². The summed E-state index contributed by atoms with van der Waals surface area (Å²) in [6, 6.07) is 6.22. The number of rotatable bonds is 4. The monoisotopic (exact) mass is 276 g/mol. The smallest absolute Gasteiger partial charge is 0.320 e. The molecule has 2 rings (SSSR count). The van der Waals surface area contributed by atoms with Crippen molar-refractivity contribution in [3.8, 4) is 0 Å². The minimum absolute atomic E-state index is 0.00600. The summed E-state index contributed by atoms with van der Waals surface area (Å²) in [5.41, 5.74) is -1.28. The van der Waals surface area contributed by atoms with Crippen LogP contribution in [0.25, 0.3) is 0 Å². The van der Waals surface area contributed by atoms with E-state index >= 15 is 0 Å². The normalized spacial score (nSPS) is 13.6. The summed E-state index contributed by atoms with van der Waals surface area (Å²) in [5.74, 6) is 1.43. The molecule has 0 saturated carbocycles. The molecule has 0 aliphatic carbocycles. The molecule has 0 radical (unpaired) electrons. The highest BCUT2D eigenvalue weighted by molar-refractivity contribution is 5.88. The molecule has 0 bridgehead atoms. The molecule has 2 aromatic heterocycles. The maximum absolute atomic E-state index is 11.7. The number of amides is 2. The number of nitrogens with one attached hydrogen (secondary N) is 2. The lowest BCUT2D eigenvalue weighted by Gasteiger charge is -2.21. The predicted octanol–water partition coefficient (Wildman–Crippen LogP) is 1.41. The maximum Gasteiger partial charge on any atom is 0.320 e. The van der Waals surface area contributed by atoms with Crippen LogP contribution < -0.4 is 10.6 Å². The highest BCUT2D eigenvalue weighted by atomic mass is 16.4. The molecule has 0 spiro atoms. The summed E-state index contributed by atoms with van der Waals surface area (Å²) < 4.78 is 5.35. The Morgan fingerprint density at radius 1 is 1.45 bits per heavy atom. The van der Waals surface area contributed by atoms with E-state index < -0.39 is 11.6 Å². The Kier molecular flexibility index (Phi) is 3.99. The minimum atomic E-state index is -1.28. The van der Waals surface area contributed by atoms with Gasteiger partial charge < -0.3 is 14.8 Å². The van der Waals surface area contributed by atoms with Crippen molar-refractivity contribution in [2.24, 2.45) is 0 Å². The van der Waals surface area contributed by atoms with Gasteiger partial charge in [0.25, 0.3) is 0 Å². The Balaban J connectivity index is 1.89. The van der Waals surface area contributed by atoms with Gasteiger partial charge in [-0.15, -0.1) is 5.10 Å². The van der Waals surface area contributed by atoms with Crippen molar-refractivity contribution >= 4 is 11.8 Å². The van der Waals surface area contributed by atoms with Gasteiger partial charge in [0, 0.05) is 6.20 Å². The highest BCUT2D eigenvalue weighted by Crippen LogP contribution is 2.21. The first kappa shape index (κ1) is 14.0. The standard InChI is InChI=1S/C13H16N4O3/c1-9-5-6-10(20-9)13(2,19)8-14-12(18)16-11-4-3-7-15-17-11/h3-7,19H,8H2,1-2H3,(H2,14,16,17,18). The number of nitrogens with zero attached hydrogens (tertiary/aromatic N) is 2. The average Bonchev–Trinajstić information content (AvgIpc) is 2.85. The van der Waals surface area contributed by atoms with Gasteiger partial charge in [0.15, 0.2) is 5.82 Å². The van der Waals surface area contributed by atoms with E-state index in [-0.39, 0.29) is 6.54 Å². The van der Waals surface area contributed by atoms with Crippen molar-refractivity contribution in [1.29, 1.82) is 0 Å². The molecule has 106 valence electrons. The zero-order valence-electron chi connectivity index (χ0n) is 11.3. The molecule has 2 amide bonds. The Morgan fingerprint density at radius 3 is 2.85 bits per heavy atom. The van der Waals surface area contributed by atoms with Crippen LogP contribution in [0.4, 0.5) is 10.6 Å². The number of aromatic nitrogens is 2.